The Bertz CT molecular complexity index is 829. The van der Waals surface area contributed by atoms with Crippen molar-refractivity contribution in [1.29, 1.82) is 0 Å². The SMILES string of the molecule is CCCC1(COC(=O)NC/C(=C(/N)c2ccc(OC3CCCCC3)c(C)n2)N(C)N)CCC1. The maximum Gasteiger partial charge on any atom is 0.407 e. The normalized spacial score (nSPS) is 18.7. The summed E-state index contributed by atoms with van der Waals surface area (Å²) in [7, 11) is 1.69. The molecule has 2 fully saturated rings. The fourth-order valence-electron chi connectivity index (χ4n) is 4.84. The van der Waals surface area contributed by atoms with E-state index in [0.717, 1.165) is 50.0 Å². The highest BCUT2D eigenvalue weighted by molar-refractivity contribution is 5.69. The van der Waals surface area contributed by atoms with E-state index in [1.54, 1.807) is 7.05 Å². The minimum atomic E-state index is -0.454. The molecule has 0 aromatic carbocycles. The number of carbonyl (C=O) groups excluding carboxylic acids is 1. The number of hydrogen-bond acceptors (Lipinski definition) is 7. The molecule has 184 valence electrons. The lowest BCUT2D eigenvalue weighted by Crippen LogP contribution is -2.39. The van der Waals surface area contributed by atoms with E-state index in [1.807, 2.05) is 19.1 Å². The van der Waals surface area contributed by atoms with E-state index in [1.165, 1.54) is 30.7 Å². The molecular formula is C25H41N5O3. The van der Waals surface area contributed by atoms with Crippen LogP contribution in [-0.2, 0) is 4.74 Å². The molecule has 0 aliphatic heterocycles. The van der Waals surface area contributed by atoms with Crippen molar-refractivity contribution in [2.45, 2.75) is 84.2 Å². The molecule has 8 nitrogen and oxygen atoms in total. The summed E-state index contributed by atoms with van der Waals surface area (Å²) in [5.74, 6) is 6.81. The largest absolute Gasteiger partial charge is 0.489 e. The first-order valence-electron chi connectivity index (χ1n) is 12.4. The molecule has 1 aromatic rings. The molecule has 33 heavy (non-hydrogen) atoms. The summed E-state index contributed by atoms with van der Waals surface area (Å²) >= 11 is 0. The maximum atomic E-state index is 12.3. The zero-order chi connectivity index (χ0) is 23.8. The Hall–Kier alpha value is -2.48. The molecule has 2 aliphatic rings. The first-order valence-corrected chi connectivity index (χ1v) is 12.4. The van der Waals surface area contributed by atoms with Crippen molar-refractivity contribution in [1.82, 2.24) is 15.3 Å². The quantitative estimate of drug-likeness (QED) is 0.354. The highest BCUT2D eigenvalue weighted by Crippen LogP contribution is 2.44. The highest BCUT2D eigenvalue weighted by atomic mass is 16.5. The van der Waals surface area contributed by atoms with Crippen molar-refractivity contribution in [3.63, 3.8) is 0 Å². The highest BCUT2D eigenvalue weighted by Gasteiger charge is 2.37. The predicted octanol–water partition coefficient (Wildman–Crippen LogP) is 4.23. The zero-order valence-corrected chi connectivity index (χ0v) is 20.5. The van der Waals surface area contributed by atoms with E-state index in [2.05, 4.69) is 17.2 Å². The third-order valence-electron chi connectivity index (χ3n) is 7.00. The smallest absolute Gasteiger partial charge is 0.407 e. The first kappa shape index (κ1) is 25.1. The molecule has 0 atom stereocenters. The summed E-state index contributed by atoms with van der Waals surface area (Å²) in [6.45, 7) is 4.70. The minimum absolute atomic E-state index is 0.152. The summed E-state index contributed by atoms with van der Waals surface area (Å²) in [6, 6.07) is 3.76. The van der Waals surface area contributed by atoms with Crippen LogP contribution in [0.1, 0.15) is 82.5 Å². The molecule has 1 heterocycles. The molecule has 0 saturated heterocycles. The van der Waals surface area contributed by atoms with E-state index < -0.39 is 6.09 Å². The number of alkyl carbamates (subject to hydrolysis) is 1. The predicted molar refractivity (Wildman–Crippen MR) is 130 cm³/mol. The van der Waals surface area contributed by atoms with Gasteiger partial charge < -0.3 is 25.5 Å². The fraction of sp³-hybridized carbons (Fsp3) is 0.680. The van der Waals surface area contributed by atoms with Crippen LogP contribution in [0.4, 0.5) is 4.79 Å². The number of likely N-dealkylation sites (N-methyl/N-ethyl adjacent to an activating group) is 1. The van der Waals surface area contributed by atoms with Crippen LogP contribution >= 0.6 is 0 Å². The molecule has 0 spiro atoms. The van der Waals surface area contributed by atoms with Crippen LogP contribution < -0.4 is 21.6 Å². The number of nitrogens with two attached hydrogens (primary N) is 2. The number of nitrogens with zero attached hydrogens (tertiary/aromatic N) is 2. The molecular weight excluding hydrogens is 418 g/mol. The van der Waals surface area contributed by atoms with E-state index in [0.29, 0.717) is 23.7 Å². The van der Waals surface area contributed by atoms with Crippen molar-refractivity contribution in [3.8, 4) is 5.75 Å². The van der Waals surface area contributed by atoms with Crippen LogP contribution in [0.5, 0.6) is 5.75 Å². The molecule has 1 aromatic heterocycles. The lowest BCUT2D eigenvalue weighted by atomic mass is 9.67. The number of carbonyl (C=O) groups is 1. The van der Waals surface area contributed by atoms with Gasteiger partial charge in [-0.1, -0.05) is 26.2 Å². The molecule has 5 N–H and O–H groups in total. The van der Waals surface area contributed by atoms with Gasteiger partial charge in [0, 0.05) is 12.5 Å². The molecule has 0 radical (unpaired) electrons. The van der Waals surface area contributed by atoms with E-state index in [9.17, 15) is 4.79 Å². The molecule has 0 unspecified atom stereocenters. The van der Waals surface area contributed by atoms with Crippen molar-refractivity contribution in [2.75, 3.05) is 20.2 Å². The number of amides is 1. The Balaban J connectivity index is 1.60. The molecule has 3 rings (SSSR count). The molecule has 0 bridgehead atoms. The number of nitrogens with one attached hydrogen (secondary N) is 1. The lowest BCUT2D eigenvalue weighted by Gasteiger charge is -2.41. The zero-order valence-electron chi connectivity index (χ0n) is 20.5. The summed E-state index contributed by atoms with van der Waals surface area (Å²) in [5, 5.41) is 4.19. The molecule has 1 amide bonds. The summed E-state index contributed by atoms with van der Waals surface area (Å²) < 4.78 is 11.7. The third-order valence-corrected chi connectivity index (χ3v) is 7.00. The number of pyridine rings is 1. The Labute approximate surface area is 198 Å². The van der Waals surface area contributed by atoms with Gasteiger partial charge in [0.2, 0.25) is 0 Å². The summed E-state index contributed by atoms with van der Waals surface area (Å²) in [6.07, 6.45) is 11.4. The van der Waals surface area contributed by atoms with Crippen molar-refractivity contribution >= 4 is 11.8 Å². The van der Waals surface area contributed by atoms with Crippen LogP contribution in [0.2, 0.25) is 0 Å². The number of aryl methyl sites for hydroxylation is 1. The molecule has 2 aliphatic carbocycles. The van der Waals surface area contributed by atoms with Crippen LogP contribution in [0.15, 0.2) is 17.8 Å². The monoisotopic (exact) mass is 459 g/mol. The van der Waals surface area contributed by atoms with Crippen LogP contribution in [0.25, 0.3) is 5.70 Å². The van der Waals surface area contributed by atoms with Gasteiger partial charge in [-0.05, 0) is 64.0 Å². The van der Waals surface area contributed by atoms with Crippen molar-refractivity contribution in [3.05, 3.63) is 29.2 Å². The van der Waals surface area contributed by atoms with E-state index in [4.69, 9.17) is 21.1 Å². The van der Waals surface area contributed by atoms with Gasteiger partial charge in [0.25, 0.3) is 0 Å². The number of hydrogen-bond donors (Lipinski definition) is 3. The second-order valence-electron chi connectivity index (χ2n) is 9.66. The van der Waals surface area contributed by atoms with Gasteiger partial charge in [0.1, 0.15) is 5.75 Å². The maximum absolute atomic E-state index is 12.3. The van der Waals surface area contributed by atoms with Gasteiger partial charge in [-0.3, -0.25) is 0 Å². The van der Waals surface area contributed by atoms with Gasteiger partial charge in [-0.25, -0.2) is 15.6 Å². The van der Waals surface area contributed by atoms with Gasteiger partial charge in [0.05, 0.1) is 42.0 Å². The van der Waals surface area contributed by atoms with Gasteiger partial charge in [0.15, 0.2) is 0 Å². The molecule has 8 heteroatoms. The number of hydrazine groups is 1. The topological polar surface area (TPSA) is 116 Å². The van der Waals surface area contributed by atoms with Gasteiger partial charge in [-0.2, -0.15) is 0 Å². The Morgan fingerprint density at radius 3 is 2.55 bits per heavy atom. The number of ether oxygens (including phenoxy) is 2. The van der Waals surface area contributed by atoms with Crippen molar-refractivity contribution in [2.24, 2.45) is 17.0 Å². The van der Waals surface area contributed by atoms with E-state index >= 15 is 0 Å². The van der Waals surface area contributed by atoms with E-state index in [-0.39, 0.29) is 18.1 Å². The Morgan fingerprint density at radius 2 is 1.97 bits per heavy atom. The third kappa shape index (κ3) is 6.76. The average molecular weight is 460 g/mol. The standard InChI is InChI=1S/C25H41N5O3/c1-4-13-25(14-8-15-25)17-32-24(31)28-16-21(30(3)27)23(26)20-11-12-22(18(2)29-20)33-19-9-6-5-7-10-19/h11-12,19H,4-10,13-17,26-27H2,1-3H3,(H,28,31)/b23-21-. The fourth-order valence-corrected chi connectivity index (χ4v) is 4.84. The summed E-state index contributed by atoms with van der Waals surface area (Å²) in [5.41, 5.74) is 8.93. The minimum Gasteiger partial charge on any atom is -0.489 e. The van der Waals surface area contributed by atoms with Crippen LogP contribution in [0, 0.1) is 12.3 Å². The average Bonchev–Trinajstić information content (AvgIpc) is 2.77. The lowest BCUT2D eigenvalue weighted by molar-refractivity contribution is 0.0200. The summed E-state index contributed by atoms with van der Waals surface area (Å²) in [4.78, 5) is 17.0. The van der Waals surface area contributed by atoms with Crippen LogP contribution in [0.3, 0.4) is 0 Å². The van der Waals surface area contributed by atoms with Gasteiger partial charge >= 0.3 is 6.09 Å². The Morgan fingerprint density at radius 1 is 1.24 bits per heavy atom. The van der Waals surface area contributed by atoms with Crippen LogP contribution in [-0.4, -0.2) is 42.4 Å². The second kappa shape index (κ2) is 11.6. The van der Waals surface area contributed by atoms with Crippen molar-refractivity contribution < 1.29 is 14.3 Å². The second-order valence-corrected chi connectivity index (χ2v) is 9.66. The number of aromatic nitrogens is 1. The van der Waals surface area contributed by atoms with Gasteiger partial charge in [-0.15, -0.1) is 0 Å². The molecule has 2 saturated carbocycles. The number of rotatable bonds is 10. The first-order chi connectivity index (χ1) is 15.8. The Kier molecular flexibility index (Phi) is 8.83.